The van der Waals surface area contributed by atoms with Crippen LogP contribution in [0.15, 0.2) is 36.8 Å². The maximum absolute atomic E-state index is 5.85. The molecule has 1 aromatic heterocycles. The van der Waals surface area contributed by atoms with Crippen molar-refractivity contribution in [3.8, 4) is 0 Å². The zero-order chi connectivity index (χ0) is 16.9. The molecule has 0 bridgehead atoms. The molecule has 2 N–H and O–H groups in total. The summed E-state index contributed by atoms with van der Waals surface area (Å²) in [4.78, 5) is 6.41. The number of nitrogens with two attached hydrogens (primary N) is 1. The van der Waals surface area contributed by atoms with E-state index in [1.807, 2.05) is 30.7 Å². The summed E-state index contributed by atoms with van der Waals surface area (Å²) in [7, 11) is 1.02. The molecule has 0 atom stereocenters. The molecule has 0 saturated carbocycles. The second kappa shape index (κ2) is 7.65. The highest BCUT2D eigenvalue weighted by Gasteiger charge is 2.12. The average Bonchev–Trinajstić information content (AvgIpc) is 2.90. The van der Waals surface area contributed by atoms with Crippen molar-refractivity contribution in [2.75, 3.05) is 24.3 Å². The number of hydrogen-bond acceptors (Lipinski definition) is 4. The first-order valence-electron chi connectivity index (χ1n) is 7.98. The number of ether oxygens (including phenoxy) is 1. The van der Waals surface area contributed by atoms with Crippen LogP contribution < -0.4 is 10.6 Å². The van der Waals surface area contributed by atoms with Crippen molar-refractivity contribution < 1.29 is 4.74 Å². The van der Waals surface area contributed by atoms with Gasteiger partial charge >= 0.3 is 0 Å². The Bertz CT molecular complexity index is 621. The number of hydrogen-bond donors (Lipinski definition) is 1. The first-order valence-corrected chi connectivity index (χ1v) is 11.7. The maximum Gasteiger partial charge on any atom is 0.124 e. The van der Waals surface area contributed by atoms with Crippen LogP contribution in [0.4, 0.5) is 11.4 Å². The lowest BCUT2D eigenvalue weighted by atomic mass is 10.2. The zero-order valence-electron chi connectivity index (χ0n) is 14.6. The summed E-state index contributed by atoms with van der Waals surface area (Å²) in [5.41, 5.74) is 8.85. The molecule has 0 amide bonds. The molecule has 1 heterocycles. The Labute approximate surface area is 140 Å². The van der Waals surface area contributed by atoms with Gasteiger partial charge in [-0.05, 0) is 24.2 Å². The lowest BCUT2D eigenvalue weighted by Gasteiger charge is -2.21. The largest absolute Gasteiger partial charge is 0.399 e. The maximum atomic E-state index is 5.85. The Morgan fingerprint density at radius 1 is 1.30 bits per heavy atom. The van der Waals surface area contributed by atoms with Gasteiger partial charge in [-0.15, -0.1) is 0 Å². The SMILES string of the molecule is CN(Cc1cncn1COCC[Si](C)(C)C)c1cccc(N)c1. The van der Waals surface area contributed by atoms with Crippen LogP contribution in [-0.2, 0) is 18.0 Å². The van der Waals surface area contributed by atoms with Crippen LogP contribution in [0.3, 0.4) is 0 Å². The van der Waals surface area contributed by atoms with Crippen LogP contribution in [0.5, 0.6) is 0 Å². The molecule has 0 aliphatic rings. The smallest absolute Gasteiger partial charge is 0.124 e. The molecule has 0 unspecified atom stereocenters. The molecule has 126 valence electrons. The van der Waals surface area contributed by atoms with E-state index in [1.165, 1.54) is 6.04 Å². The normalized spacial score (nSPS) is 11.7. The van der Waals surface area contributed by atoms with Crippen LogP contribution in [0.1, 0.15) is 5.69 Å². The highest BCUT2D eigenvalue weighted by Crippen LogP contribution is 2.18. The molecule has 0 aliphatic heterocycles. The standard InChI is InChI=1S/C17H28N4OSi/c1-20(16-7-5-6-15(18)10-16)12-17-11-19-13-21(17)14-22-8-9-23(2,3)4/h5-7,10-11,13H,8-9,12,14,18H2,1-4H3. The van der Waals surface area contributed by atoms with Crippen molar-refractivity contribution in [1.82, 2.24) is 9.55 Å². The van der Waals surface area contributed by atoms with Crippen molar-refractivity contribution >= 4 is 19.4 Å². The van der Waals surface area contributed by atoms with Crippen LogP contribution >= 0.6 is 0 Å². The Balaban J connectivity index is 1.90. The highest BCUT2D eigenvalue weighted by molar-refractivity contribution is 6.76. The summed E-state index contributed by atoms with van der Waals surface area (Å²) in [6.45, 7) is 9.22. The molecule has 0 aliphatic carbocycles. The van der Waals surface area contributed by atoms with E-state index in [-0.39, 0.29) is 0 Å². The van der Waals surface area contributed by atoms with Gasteiger partial charge in [-0.3, -0.25) is 0 Å². The van der Waals surface area contributed by atoms with Gasteiger partial charge in [0.1, 0.15) is 6.73 Å². The predicted molar refractivity (Wildman–Crippen MR) is 99.3 cm³/mol. The van der Waals surface area contributed by atoms with Gasteiger partial charge in [-0.2, -0.15) is 0 Å². The summed E-state index contributed by atoms with van der Waals surface area (Å²) in [6, 6.07) is 9.08. The molecule has 5 nitrogen and oxygen atoms in total. The van der Waals surface area contributed by atoms with Gasteiger partial charge in [0, 0.05) is 33.1 Å². The third kappa shape index (κ3) is 5.72. The molecular weight excluding hydrogens is 304 g/mol. The summed E-state index contributed by atoms with van der Waals surface area (Å²) in [5, 5.41) is 0. The first kappa shape index (κ1) is 17.6. The topological polar surface area (TPSA) is 56.3 Å². The molecule has 0 saturated heterocycles. The zero-order valence-corrected chi connectivity index (χ0v) is 15.6. The van der Waals surface area contributed by atoms with Crippen molar-refractivity contribution in [1.29, 1.82) is 0 Å². The van der Waals surface area contributed by atoms with E-state index in [4.69, 9.17) is 10.5 Å². The third-order valence-electron chi connectivity index (χ3n) is 3.74. The van der Waals surface area contributed by atoms with E-state index in [1.54, 1.807) is 0 Å². The quantitative estimate of drug-likeness (QED) is 0.457. The highest BCUT2D eigenvalue weighted by atomic mass is 28.3. The summed E-state index contributed by atoms with van der Waals surface area (Å²) < 4.78 is 7.88. The second-order valence-corrected chi connectivity index (χ2v) is 12.8. The number of nitrogen functional groups attached to an aromatic ring is 1. The molecule has 1 aromatic carbocycles. The number of nitrogens with zero attached hydrogens (tertiary/aromatic N) is 3. The van der Waals surface area contributed by atoms with E-state index in [9.17, 15) is 0 Å². The number of rotatable bonds is 8. The Morgan fingerprint density at radius 3 is 2.78 bits per heavy atom. The minimum atomic E-state index is -1.04. The molecule has 0 radical (unpaired) electrons. The van der Waals surface area contributed by atoms with E-state index in [0.29, 0.717) is 6.73 Å². The Morgan fingerprint density at radius 2 is 2.09 bits per heavy atom. The third-order valence-corrected chi connectivity index (χ3v) is 5.44. The molecule has 2 aromatic rings. The van der Waals surface area contributed by atoms with Crippen molar-refractivity contribution in [2.24, 2.45) is 0 Å². The average molecular weight is 333 g/mol. The van der Waals surface area contributed by atoms with Gasteiger partial charge in [-0.25, -0.2) is 4.98 Å². The van der Waals surface area contributed by atoms with Crippen molar-refractivity contribution in [2.45, 2.75) is 39.0 Å². The molecule has 23 heavy (non-hydrogen) atoms. The van der Waals surface area contributed by atoms with Crippen LogP contribution in [0, 0.1) is 0 Å². The fourth-order valence-corrected chi connectivity index (χ4v) is 2.99. The molecular formula is C17H28N4OSi. The predicted octanol–water partition coefficient (Wildman–Crippen LogP) is 3.41. The summed E-state index contributed by atoms with van der Waals surface area (Å²) >= 11 is 0. The number of aromatic nitrogens is 2. The van der Waals surface area contributed by atoms with Crippen molar-refractivity contribution in [3.63, 3.8) is 0 Å². The minimum Gasteiger partial charge on any atom is -0.399 e. The molecule has 6 heteroatoms. The van der Waals surface area contributed by atoms with Gasteiger partial charge in [0.25, 0.3) is 0 Å². The number of benzene rings is 1. The van der Waals surface area contributed by atoms with E-state index in [0.717, 1.165) is 30.2 Å². The summed E-state index contributed by atoms with van der Waals surface area (Å²) in [5.74, 6) is 0. The van der Waals surface area contributed by atoms with Gasteiger partial charge in [0.15, 0.2) is 0 Å². The van der Waals surface area contributed by atoms with E-state index in [2.05, 4.69) is 47.2 Å². The number of anilines is 2. The molecule has 0 spiro atoms. The summed E-state index contributed by atoms with van der Waals surface area (Å²) in [6.07, 6.45) is 3.72. The monoisotopic (exact) mass is 332 g/mol. The molecule has 0 fully saturated rings. The Kier molecular flexibility index (Phi) is 5.84. The Hall–Kier alpha value is -1.79. The van der Waals surface area contributed by atoms with Gasteiger partial charge in [0.05, 0.1) is 24.8 Å². The van der Waals surface area contributed by atoms with E-state index < -0.39 is 8.07 Å². The second-order valence-electron chi connectivity index (χ2n) is 7.15. The fraction of sp³-hybridized carbons (Fsp3) is 0.471. The van der Waals surface area contributed by atoms with E-state index >= 15 is 0 Å². The molecule has 2 rings (SSSR count). The van der Waals surface area contributed by atoms with Crippen LogP contribution in [0.2, 0.25) is 25.7 Å². The fourth-order valence-electron chi connectivity index (χ4n) is 2.23. The lowest BCUT2D eigenvalue weighted by molar-refractivity contribution is 0.0853. The van der Waals surface area contributed by atoms with Gasteiger partial charge in [-0.1, -0.05) is 25.7 Å². The number of imidazole rings is 1. The van der Waals surface area contributed by atoms with Crippen LogP contribution in [0.25, 0.3) is 0 Å². The first-order chi connectivity index (χ1) is 10.8. The van der Waals surface area contributed by atoms with Crippen molar-refractivity contribution in [3.05, 3.63) is 42.5 Å². The van der Waals surface area contributed by atoms with Gasteiger partial charge < -0.3 is 19.9 Å². The van der Waals surface area contributed by atoms with Gasteiger partial charge in [0.2, 0.25) is 0 Å². The van der Waals surface area contributed by atoms with Crippen LogP contribution in [-0.4, -0.2) is 31.3 Å². The minimum absolute atomic E-state index is 0.560. The lowest BCUT2D eigenvalue weighted by Crippen LogP contribution is -2.22.